The maximum atomic E-state index is 14.1. The molecular formula is C28H30Cl3N3O4S. The van der Waals surface area contributed by atoms with E-state index in [4.69, 9.17) is 34.8 Å². The normalized spacial score (nSPS) is 12.1. The topological polar surface area (TPSA) is 86.8 Å². The fourth-order valence-corrected chi connectivity index (χ4v) is 6.32. The average molecular weight is 611 g/mol. The van der Waals surface area contributed by atoms with Gasteiger partial charge in [-0.05, 0) is 62.2 Å². The van der Waals surface area contributed by atoms with Crippen molar-refractivity contribution in [2.24, 2.45) is 0 Å². The van der Waals surface area contributed by atoms with Crippen LogP contribution in [0.15, 0.2) is 71.6 Å². The van der Waals surface area contributed by atoms with Gasteiger partial charge in [-0.2, -0.15) is 0 Å². The molecule has 0 aliphatic rings. The number of hydrogen-bond donors (Lipinski definition) is 1. The highest BCUT2D eigenvalue weighted by molar-refractivity contribution is 7.92. The van der Waals surface area contributed by atoms with Gasteiger partial charge >= 0.3 is 0 Å². The molecule has 3 aromatic rings. The molecule has 1 unspecified atom stereocenters. The number of hydrogen-bond acceptors (Lipinski definition) is 4. The van der Waals surface area contributed by atoms with Crippen LogP contribution in [-0.2, 0) is 26.2 Å². The molecule has 0 radical (unpaired) electrons. The summed E-state index contributed by atoms with van der Waals surface area (Å²) >= 11 is 19.1. The van der Waals surface area contributed by atoms with Gasteiger partial charge in [-0.3, -0.25) is 13.9 Å². The molecule has 1 N–H and O–H groups in total. The predicted octanol–water partition coefficient (Wildman–Crippen LogP) is 6.09. The molecule has 39 heavy (non-hydrogen) atoms. The molecular weight excluding hydrogens is 581 g/mol. The van der Waals surface area contributed by atoms with Crippen molar-refractivity contribution in [3.8, 4) is 0 Å². The van der Waals surface area contributed by atoms with Crippen LogP contribution in [-0.4, -0.2) is 44.3 Å². The number of halogens is 3. The highest BCUT2D eigenvalue weighted by Gasteiger charge is 2.34. The van der Waals surface area contributed by atoms with E-state index in [1.54, 1.807) is 69.3 Å². The molecule has 0 aliphatic carbocycles. The van der Waals surface area contributed by atoms with Gasteiger partial charge in [0.25, 0.3) is 10.0 Å². The van der Waals surface area contributed by atoms with Crippen molar-refractivity contribution in [3.05, 3.63) is 92.9 Å². The Balaban J connectivity index is 2.13. The van der Waals surface area contributed by atoms with Gasteiger partial charge in [-0.15, -0.1) is 0 Å². The fourth-order valence-electron chi connectivity index (χ4n) is 4.15. The first kappa shape index (κ1) is 30.8. The number of benzene rings is 3. The quantitative estimate of drug-likeness (QED) is 0.285. The first-order valence-corrected chi connectivity index (χ1v) is 14.9. The Labute approximate surface area is 244 Å². The van der Waals surface area contributed by atoms with Crippen LogP contribution in [0.25, 0.3) is 0 Å². The van der Waals surface area contributed by atoms with Crippen LogP contribution < -0.4 is 9.62 Å². The number of sulfonamides is 1. The SMILES string of the molecule is CCNC(=O)C(CC)N(Cc1c(Cl)cccc1Cl)C(=O)CN(c1cc(Cl)ccc1C)S(=O)(=O)c1ccccc1. The van der Waals surface area contributed by atoms with Gasteiger partial charge in [-0.1, -0.05) is 72.1 Å². The molecule has 3 aromatic carbocycles. The van der Waals surface area contributed by atoms with E-state index in [0.29, 0.717) is 32.7 Å². The van der Waals surface area contributed by atoms with Gasteiger partial charge in [-0.25, -0.2) is 8.42 Å². The Bertz CT molecular complexity index is 1410. The van der Waals surface area contributed by atoms with Crippen LogP contribution in [0.1, 0.15) is 31.4 Å². The fraction of sp³-hybridized carbons (Fsp3) is 0.286. The monoisotopic (exact) mass is 609 g/mol. The molecule has 0 saturated heterocycles. The first-order valence-electron chi connectivity index (χ1n) is 12.3. The average Bonchev–Trinajstić information content (AvgIpc) is 2.90. The molecule has 3 rings (SSSR count). The van der Waals surface area contributed by atoms with Gasteiger partial charge in [0.2, 0.25) is 11.8 Å². The van der Waals surface area contributed by atoms with Crippen molar-refractivity contribution in [2.45, 2.75) is 44.7 Å². The van der Waals surface area contributed by atoms with E-state index in [-0.39, 0.29) is 29.5 Å². The Kier molecular flexibility index (Phi) is 10.7. The third kappa shape index (κ3) is 7.25. The molecule has 0 saturated carbocycles. The summed E-state index contributed by atoms with van der Waals surface area (Å²) in [6.45, 7) is 4.96. The van der Waals surface area contributed by atoms with Crippen LogP contribution in [0, 0.1) is 6.92 Å². The predicted molar refractivity (Wildman–Crippen MR) is 157 cm³/mol. The van der Waals surface area contributed by atoms with Gasteiger partial charge in [0, 0.05) is 33.7 Å². The maximum Gasteiger partial charge on any atom is 0.264 e. The second kappa shape index (κ2) is 13.5. The number of aryl methyl sites for hydroxylation is 1. The van der Waals surface area contributed by atoms with E-state index in [1.807, 2.05) is 0 Å². The van der Waals surface area contributed by atoms with Crippen molar-refractivity contribution in [1.82, 2.24) is 10.2 Å². The van der Waals surface area contributed by atoms with E-state index in [2.05, 4.69) is 5.32 Å². The zero-order valence-electron chi connectivity index (χ0n) is 21.8. The summed E-state index contributed by atoms with van der Waals surface area (Å²) in [5, 5.41) is 3.72. The van der Waals surface area contributed by atoms with Crippen molar-refractivity contribution in [3.63, 3.8) is 0 Å². The lowest BCUT2D eigenvalue weighted by atomic mass is 10.1. The Morgan fingerprint density at radius 1 is 0.923 bits per heavy atom. The lowest BCUT2D eigenvalue weighted by Gasteiger charge is -2.34. The minimum Gasteiger partial charge on any atom is -0.355 e. The summed E-state index contributed by atoms with van der Waals surface area (Å²) in [7, 11) is -4.20. The highest BCUT2D eigenvalue weighted by Crippen LogP contribution is 2.31. The van der Waals surface area contributed by atoms with Crippen LogP contribution in [0.2, 0.25) is 15.1 Å². The van der Waals surface area contributed by atoms with Gasteiger partial charge < -0.3 is 10.2 Å². The van der Waals surface area contributed by atoms with E-state index in [9.17, 15) is 18.0 Å². The Morgan fingerprint density at radius 2 is 1.56 bits per heavy atom. The summed E-state index contributed by atoms with van der Waals surface area (Å²) < 4.78 is 28.8. The molecule has 0 bridgehead atoms. The molecule has 7 nitrogen and oxygen atoms in total. The minimum atomic E-state index is -4.20. The van der Waals surface area contributed by atoms with E-state index >= 15 is 0 Å². The summed E-state index contributed by atoms with van der Waals surface area (Å²) in [5.74, 6) is -0.976. The third-order valence-corrected chi connectivity index (χ3v) is 8.89. The van der Waals surface area contributed by atoms with Crippen LogP contribution in [0.3, 0.4) is 0 Å². The first-order chi connectivity index (χ1) is 18.5. The maximum absolute atomic E-state index is 14.1. The molecule has 0 spiro atoms. The third-order valence-electron chi connectivity index (χ3n) is 6.18. The van der Waals surface area contributed by atoms with E-state index < -0.39 is 28.5 Å². The number of nitrogens with zero attached hydrogens (tertiary/aromatic N) is 2. The molecule has 11 heteroatoms. The number of anilines is 1. The Morgan fingerprint density at radius 3 is 2.15 bits per heavy atom. The van der Waals surface area contributed by atoms with Gasteiger partial charge in [0.15, 0.2) is 0 Å². The van der Waals surface area contributed by atoms with E-state index in [1.165, 1.54) is 23.1 Å². The smallest absolute Gasteiger partial charge is 0.264 e. The molecule has 0 fully saturated rings. The summed E-state index contributed by atoms with van der Waals surface area (Å²) in [6.07, 6.45) is 0.279. The summed E-state index contributed by atoms with van der Waals surface area (Å²) in [4.78, 5) is 28.4. The largest absolute Gasteiger partial charge is 0.355 e. The summed E-state index contributed by atoms with van der Waals surface area (Å²) in [6, 6.07) is 16.7. The van der Waals surface area contributed by atoms with Crippen molar-refractivity contribution < 1.29 is 18.0 Å². The van der Waals surface area contributed by atoms with Crippen LogP contribution >= 0.6 is 34.8 Å². The molecule has 208 valence electrons. The molecule has 0 aliphatic heterocycles. The van der Waals surface area contributed by atoms with Crippen molar-refractivity contribution in [2.75, 3.05) is 17.4 Å². The molecule has 2 amide bonds. The lowest BCUT2D eigenvalue weighted by molar-refractivity contribution is -0.140. The number of likely N-dealkylation sites (N-methyl/N-ethyl adjacent to an activating group) is 1. The van der Waals surface area contributed by atoms with Crippen LogP contribution in [0.5, 0.6) is 0 Å². The minimum absolute atomic E-state index is 0.00800. The molecule has 0 heterocycles. The summed E-state index contributed by atoms with van der Waals surface area (Å²) in [5.41, 5.74) is 1.30. The number of amides is 2. The van der Waals surface area contributed by atoms with E-state index in [0.717, 1.165) is 4.31 Å². The Hall–Kier alpha value is -2.78. The van der Waals surface area contributed by atoms with Gasteiger partial charge in [0.05, 0.1) is 10.6 Å². The standard InChI is InChI=1S/C28H30Cl3N3O4S/c1-4-25(28(36)32-5-2)33(17-22-23(30)12-9-13-24(22)31)27(35)18-34(26-16-20(29)15-14-19(26)3)39(37,38)21-10-7-6-8-11-21/h6-16,25H,4-5,17-18H2,1-3H3,(H,32,36). The second-order valence-corrected chi connectivity index (χ2v) is 11.9. The molecule has 0 aromatic heterocycles. The number of carbonyl (C=O) groups is 2. The zero-order chi connectivity index (χ0) is 28.7. The zero-order valence-corrected chi connectivity index (χ0v) is 24.9. The second-order valence-electron chi connectivity index (χ2n) is 8.80. The lowest BCUT2D eigenvalue weighted by Crippen LogP contribution is -2.52. The highest BCUT2D eigenvalue weighted by atomic mass is 35.5. The number of rotatable bonds is 11. The van der Waals surface area contributed by atoms with Crippen molar-refractivity contribution in [1.29, 1.82) is 0 Å². The molecule has 1 atom stereocenters. The van der Waals surface area contributed by atoms with Crippen LogP contribution in [0.4, 0.5) is 5.69 Å². The van der Waals surface area contributed by atoms with Crippen molar-refractivity contribution >= 4 is 62.3 Å². The number of nitrogens with one attached hydrogen (secondary N) is 1. The van der Waals surface area contributed by atoms with Gasteiger partial charge in [0.1, 0.15) is 12.6 Å². The number of carbonyl (C=O) groups excluding carboxylic acids is 2.